The second kappa shape index (κ2) is 8.19. The number of amides is 1. The fourth-order valence-electron chi connectivity index (χ4n) is 3.56. The van der Waals surface area contributed by atoms with Crippen LogP contribution in [0, 0.1) is 12.8 Å². The van der Waals surface area contributed by atoms with Gasteiger partial charge in [0.15, 0.2) is 0 Å². The number of aryl methyl sites for hydroxylation is 1. The maximum absolute atomic E-state index is 12.6. The molecule has 0 atom stereocenters. The van der Waals surface area contributed by atoms with E-state index in [0.717, 1.165) is 53.2 Å². The number of aromatic nitrogens is 2. The smallest absolute Gasteiger partial charge is 0.227 e. The molecule has 0 bridgehead atoms. The number of hydrogen-bond acceptors (Lipinski definition) is 3. The zero-order valence-corrected chi connectivity index (χ0v) is 17.4. The third kappa shape index (κ3) is 4.12. The molecule has 5 nitrogen and oxygen atoms in total. The Hall–Kier alpha value is -2.60. The lowest BCUT2D eigenvalue weighted by molar-refractivity contribution is -0.120. The Labute approximate surface area is 173 Å². The molecule has 4 rings (SSSR count). The lowest BCUT2D eigenvalue weighted by Gasteiger charge is -2.32. The van der Waals surface area contributed by atoms with Crippen molar-refractivity contribution in [1.29, 1.82) is 0 Å². The molecule has 3 heterocycles. The largest absolute Gasteiger partial charge is 0.357 e. The fraction of sp³-hybridized carbons (Fsp3) is 0.273. The molecule has 0 saturated carbocycles. The van der Waals surface area contributed by atoms with E-state index >= 15 is 0 Å². The molecule has 2 aromatic heterocycles. The van der Waals surface area contributed by atoms with Crippen LogP contribution in [0.15, 0.2) is 65.5 Å². The van der Waals surface area contributed by atoms with Crippen molar-refractivity contribution in [3.63, 3.8) is 0 Å². The Morgan fingerprint density at radius 1 is 1.14 bits per heavy atom. The third-order valence-corrected chi connectivity index (χ3v) is 6.14. The van der Waals surface area contributed by atoms with Gasteiger partial charge in [-0.1, -0.05) is 15.9 Å². The maximum Gasteiger partial charge on any atom is 0.227 e. The van der Waals surface area contributed by atoms with E-state index in [4.69, 9.17) is 0 Å². The molecule has 1 amide bonds. The van der Waals surface area contributed by atoms with E-state index in [1.54, 1.807) is 0 Å². The van der Waals surface area contributed by atoms with Gasteiger partial charge in [0.05, 0.1) is 11.9 Å². The zero-order valence-electron chi connectivity index (χ0n) is 15.8. The van der Waals surface area contributed by atoms with Gasteiger partial charge in [0.25, 0.3) is 0 Å². The van der Waals surface area contributed by atoms with Crippen LogP contribution in [0.4, 0.5) is 11.5 Å². The molecule has 0 unspecified atom stereocenters. The number of nitrogens with zero attached hydrogens (tertiary/aromatic N) is 3. The van der Waals surface area contributed by atoms with Crippen LogP contribution in [0.25, 0.3) is 5.69 Å². The minimum absolute atomic E-state index is 0.0411. The number of nitrogens with one attached hydrogen (secondary N) is 1. The molecule has 28 heavy (non-hydrogen) atoms. The summed E-state index contributed by atoms with van der Waals surface area (Å²) in [6.45, 7) is 3.70. The number of piperidine rings is 1. The van der Waals surface area contributed by atoms with Crippen LogP contribution < -0.4 is 10.2 Å². The van der Waals surface area contributed by atoms with Gasteiger partial charge in [-0.2, -0.15) is 0 Å². The van der Waals surface area contributed by atoms with Crippen molar-refractivity contribution in [1.82, 2.24) is 9.55 Å². The second-order valence-electron chi connectivity index (χ2n) is 7.18. The van der Waals surface area contributed by atoms with Gasteiger partial charge in [-0.25, -0.2) is 4.98 Å². The summed E-state index contributed by atoms with van der Waals surface area (Å²) >= 11 is 3.49. The summed E-state index contributed by atoms with van der Waals surface area (Å²) in [5.41, 5.74) is 3.02. The normalized spacial score (nSPS) is 14.9. The van der Waals surface area contributed by atoms with Gasteiger partial charge in [0.2, 0.25) is 5.91 Å². The standard InChI is InChI=1S/C22H23BrN4O/c1-16-14-18(4-6-20(16)23)25-22(28)17-8-12-27(13-9-17)21-7-5-19(15-24-21)26-10-2-3-11-26/h2-7,10-11,14-15,17H,8-9,12-13H2,1H3,(H,25,28). The van der Waals surface area contributed by atoms with E-state index in [0.29, 0.717) is 0 Å². The van der Waals surface area contributed by atoms with Crippen molar-refractivity contribution in [2.24, 2.45) is 5.92 Å². The van der Waals surface area contributed by atoms with E-state index in [2.05, 4.69) is 43.3 Å². The predicted octanol–water partition coefficient (Wildman–Crippen LogP) is 4.80. The van der Waals surface area contributed by atoms with Gasteiger partial charge in [-0.3, -0.25) is 4.79 Å². The molecule has 0 aliphatic carbocycles. The van der Waals surface area contributed by atoms with E-state index in [1.807, 2.05) is 60.4 Å². The second-order valence-corrected chi connectivity index (χ2v) is 8.03. The highest BCUT2D eigenvalue weighted by Crippen LogP contribution is 2.25. The molecule has 3 aromatic rings. The first-order valence-corrected chi connectivity index (χ1v) is 10.3. The van der Waals surface area contributed by atoms with Gasteiger partial charge >= 0.3 is 0 Å². The Bertz CT molecular complexity index is 945. The third-order valence-electron chi connectivity index (χ3n) is 5.25. The number of halogens is 1. The van der Waals surface area contributed by atoms with Crippen molar-refractivity contribution < 1.29 is 4.79 Å². The molecule has 1 aliphatic heterocycles. The van der Waals surface area contributed by atoms with Crippen molar-refractivity contribution in [3.8, 4) is 5.69 Å². The van der Waals surface area contributed by atoms with Crippen LogP contribution in [-0.4, -0.2) is 28.5 Å². The SMILES string of the molecule is Cc1cc(NC(=O)C2CCN(c3ccc(-n4cccc4)cn3)CC2)ccc1Br. The summed E-state index contributed by atoms with van der Waals surface area (Å²) in [5, 5.41) is 3.06. The summed E-state index contributed by atoms with van der Waals surface area (Å²) in [7, 11) is 0. The first-order chi connectivity index (χ1) is 13.6. The Morgan fingerprint density at radius 2 is 1.89 bits per heavy atom. The average Bonchev–Trinajstić information content (AvgIpc) is 3.26. The Kier molecular flexibility index (Phi) is 5.48. The molecule has 1 aliphatic rings. The highest BCUT2D eigenvalue weighted by Gasteiger charge is 2.25. The molecule has 1 aromatic carbocycles. The van der Waals surface area contributed by atoms with Crippen molar-refractivity contribution >= 4 is 33.3 Å². The number of pyridine rings is 1. The number of carbonyl (C=O) groups excluding carboxylic acids is 1. The summed E-state index contributed by atoms with van der Waals surface area (Å²) in [4.78, 5) is 19.5. The van der Waals surface area contributed by atoms with Gasteiger partial charge < -0.3 is 14.8 Å². The molecular weight excluding hydrogens is 416 g/mol. The minimum Gasteiger partial charge on any atom is -0.357 e. The minimum atomic E-state index is 0.0411. The van der Waals surface area contributed by atoms with Crippen LogP contribution in [-0.2, 0) is 4.79 Å². The topological polar surface area (TPSA) is 50.2 Å². The van der Waals surface area contributed by atoms with Gasteiger partial charge in [-0.15, -0.1) is 0 Å². The molecule has 144 valence electrons. The van der Waals surface area contributed by atoms with Crippen LogP contribution in [0.1, 0.15) is 18.4 Å². The molecule has 1 saturated heterocycles. The lowest BCUT2D eigenvalue weighted by atomic mass is 9.95. The predicted molar refractivity (Wildman–Crippen MR) is 116 cm³/mol. The number of anilines is 2. The van der Waals surface area contributed by atoms with Crippen molar-refractivity contribution in [3.05, 3.63) is 71.1 Å². The van der Waals surface area contributed by atoms with E-state index in [-0.39, 0.29) is 11.8 Å². The van der Waals surface area contributed by atoms with Crippen LogP contribution >= 0.6 is 15.9 Å². The molecule has 1 fully saturated rings. The van der Waals surface area contributed by atoms with Crippen LogP contribution in [0.3, 0.4) is 0 Å². The summed E-state index contributed by atoms with van der Waals surface area (Å²) in [6, 6.07) is 14.0. The maximum atomic E-state index is 12.6. The number of hydrogen-bond donors (Lipinski definition) is 1. The first kappa shape index (κ1) is 18.7. The summed E-state index contributed by atoms with van der Waals surface area (Å²) in [5.74, 6) is 1.12. The lowest BCUT2D eigenvalue weighted by Crippen LogP contribution is -2.38. The Balaban J connectivity index is 1.33. The molecule has 6 heteroatoms. The fourth-order valence-corrected chi connectivity index (χ4v) is 3.81. The monoisotopic (exact) mass is 438 g/mol. The quantitative estimate of drug-likeness (QED) is 0.636. The van der Waals surface area contributed by atoms with Gasteiger partial charge in [0.1, 0.15) is 5.82 Å². The molecule has 0 radical (unpaired) electrons. The van der Waals surface area contributed by atoms with Gasteiger partial charge in [-0.05, 0) is 67.8 Å². The summed E-state index contributed by atoms with van der Waals surface area (Å²) < 4.78 is 3.09. The molecule has 1 N–H and O–H groups in total. The molecule has 0 spiro atoms. The van der Waals surface area contributed by atoms with E-state index < -0.39 is 0 Å². The Morgan fingerprint density at radius 3 is 2.54 bits per heavy atom. The average molecular weight is 439 g/mol. The highest BCUT2D eigenvalue weighted by molar-refractivity contribution is 9.10. The van der Waals surface area contributed by atoms with Crippen molar-refractivity contribution in [2.75, 3.05) is 23.3 Å². The van der Waals surface area contributed by atoms with Crippen LogP contribution in [0.2, 0.25) is 0 Å². The van der Waals surface area contributed by atoms with Crippen LogP contribution in [0.5, 0.6) is 0 Å². The highest BCUT2D eigenvalue weighted by atomic mass is 79.9. The van der Waals surface area contributed by atoms with Gasteiger partial charge in [0, 0.05) is 41.6 Å². The first-order valence-electron chi connectivity index (χ1n) is 9.51. The van der Waals surface area contributed by atoms with E-state index in [9.17, 15) is 4.79 Å². The number of carbonyl (C=O) groups is 1. The number of benzene rings is 1. The molecular formula is C22H23BrN4O. The van der Waals surface area contributed by atoms with Crippen molar-refractivity contribution in [2.45, 2.75) is 19.8 Å². The number of rotatable bonds is 4. The summed E-state index contributed by atoms with van der Waals surface area (Å²) in [6.07, 6.45) is 7.58. The zero-order chi connectivity index (χ0) is 19.5. The van der Waals surface area contributed by atoms with E-state index in [1.165, 1.54) is 0 Å².